The molecular formula is C26H52N2. The molecule has 0 bridgehead atoms. The predicted octanol–water partition coefficient (Wildman–Crippen LogP) is 6.86. The van der Waals surface area contributed by atoms with Gasteiger partial charge < -0.3 is 4.90 Å². The highest BCUT2D eigenvalue weighted by Crippen LogP contribution is 2.44. The van der Waals surface area contributed by atoms with Crippen molar-refractivity contribution in [3.8, 4) is 0 Å². The molecular weight excluding hydrogens is 340 g/mol. The Hall–Kier alpha value is -0.340. The lowest BCUT2D eigenvalue weighted by Crippen LogP contribution is -2.52. The Labute approximate surface area is 178 Å². The van der Waals surface area contributed by atoms with Gasteiger partial charge in [0.25, 0.3) is 0 Å². The lowest BCUT2D eigenvalue weighted by molar-refractivity contribution is -0.00269. The first-order valence-corrected chi connectivity index (χ1v) is 11.9. The van der Waals surface area contributed by atoms with E-state index in [0.29, 0.717) is 16.4 Å². The molecule has 0 atom stereocenters. The van der Waals surface area contributed by atoms with Gasteiger partial charge in [-0.2, -0.15) is 0 Å². The summed E-state index contributed by atoms with van der Waals surface area (Å²) in [7, 11) is 0. The van der Waals surface area contributed by atoms with Crippen LogP contribution in [0.4, 0.5) is 0 Å². The summed E-state index contributed by atoms with van der Waals surface area (Å²) in [6.07, 6.45) is 8.62. The highest BCUT2D eigenvalue weighted by atomic mass is 15.2. The van der Waals surface area contributed by atoms with Crippen LogP contribution in [0.5, 0.6) is 0 Å². The number of hydrogen-bond donors (Lipinski definition) is 0. The molecule has 0 aromatic heterocycles. The number of nitrogens with zero attached hydrogens (tertiary/aromatic N) is 2. The number of rotatable bonds is 5. The minimum atomic E-state index is 0.328. The molecule has 2 rings (SSSR count). The highest BCUT2D eigenvalue weighted by molar-refractivity contribution is 4.94. The normalized spacial score (nSPS) is 21.9. The van der Waals surface area contributed by atoms with Crippen LogP contribution < -0.4 is 0 Å². The van der Waals surface area contributed by atoms with Crippen LogP contribution in [0, 0.1) is 22.7 Å². The Morgan fingerprint density at radius 2 is 1.25 bits per heavy atom. The minimum absolute atomic E-state index is 0.328. The lowest BCUT2D eigenvalue weighted by Gasteiger charge is -2.50. The fourth-order valence-electron chi connectivity index (χ4n) is 5.75. The smallest absolute Gasteiger partial charge is 0.0158 e. The van der Waals surface area contributed by atoms with E-state index in [4.69, 9.17) is 0 Å². The minimum Gasteiger partial charge on any atom is -0.304 e. The first-order chi connectivity index (χ1) is 12.9. The lowest BCUT2D eigenvalue weighted by atomic mass is 9.67. The van der Waals surface area contributed by atoms with Gasteiger partial charge in [0.2, 0.25) is 0 Å². The zero-order valence-corrected chi connectivity index (χ0v) is 20.9. The largest absolute Gasteiger partial charge is 0.304 e. The van der Waals surface area contributed by atoms with Crippen molar-refractivity contribution < 1.29 is 0 Å². The molecule has 0 spiro atoms. The van der Waals surface area contributed by atoms with E-state index < -0.39 is 0 Å². The van der Waals surface area contributed by atoms with Crippen molar-refractivity contribution in [3.63, 3.8) is 0 Å². The van der Waals surface area contributed by atoms with Gasteiger partial charge in [-0.25, -0.2) is 0 Å². The van der Waals surface area contributed by atoms with E-state index >= 15 is 0 Å². The molecule has 0 aromatic carbocycles. The fraction of sp³-hybridized carbons (Fsp3) is 0.923. The third kappa shape index (κ3) is 7.48. The van der Waals surface area contributed by atoms with Gasteiger partial charge in [0, 0.05) is 5.54 Å². The van der Waals surface area contributed by atoms with Gasteiger partial charge in [0.15, 0.2) is 0 Å². The number of likely N-dealkylation sites (tertiary alicyclic amines) is 2. The molecule has 28 heavy (non-hydrogen) atoms. The second-order valence-electron chi connectivity index (χ2n) is 11.7. The van der Waals surface area contributed by atoms with Gasteiger partial charge in [-0.05, 0) is 108 Å². The van der Waals surface area contributed by atoms with Crippen molar-refractivity contribution in [2.24, 2.45) is 22.7 Å². The maximum absolute atomic E-state index is 3.36. The van der Waals surface area contributed by atoms with Crippen LogP contribution >= 0.6 is 0 Å². The van der Waals surface area contributed by atoms with E-state index in [1.165, 1.54) is 64.8 Å². The second-order valence-corrected chi connectivity index (χ2v) is 11.7. The Bertz CT molecular complexity index is 442. The van der Waals surface area contributed by atoms with Gasteiger partial charge in [-0.15, -0.1) is 6.58 Å². The number of piperidine rings is 2. The van der Waals surface area contributed by atoms with Gasteiger partial charge in [-0.3, -0.25) is 4.90 Å². The molecule has 0 amide bonds. The van der Waals surface area contributed by atoms with E-state index in [2.05, 4.69) is 71.8 Å². The second kappa shape index (κ2) is 10.6. The van der Waals surface area contributed by atoms with Crippen LogP contribution in [0.3, 0.4) is 0 Å². The van der Waals surface area contributed by atoms with Crippen molar-refractivity contribution >= 4 is 0 Å². The van der Waals surface area contributed by atoms with Crippen LogP contribution in [0.15, 0.2) is 12.7 Å². The summed E-state index contributed by atoms with van der Waals surface area (Å²) in [4.78, 5) is 5.42. The third-order valence-electron chi connectivity index (χ3n) is 7.60. The molecule has 2 saturated heterocycles. The molecule has 0 aromatic rings. The highest BCUT2D eigenvalue weighted by Gasteiger charge is 2.41. The van der Waals surface area contributed by atoms with Gasteiger partial charge >= 0.3 is 0 Å². The van der Waals surface area contributed by atoms with Gasteiger partial charge in [0.1, 0.15) is 0 Å². The molecule has 2 heterocycles. The van der Waals surface area contributed by atoms with E-state index in [-0.39, 0.29) is 0 Å². The molecule has 2 fully saturated rings. The Kier molecular flexibility index (Phi) is 9.74. The standard InChI is InChI=1S/C23H46N2.C3H6/c1-9-24-14-10-20(11-15-24)22(5,6)18-23(7,8)25-16-12-19(13-17-25)21(2,3)4;1-3-2/h19-20H,9-18H2,1-8H3;3H,1H2,2H3. The summed E-state index contributed by atoms with van der Waals surface area (Å²) in [6.45, 7) is 31.3. The molecule has 2 nitrogen and oxygen atoms in total. The summed E-state index contributed by atoms with van der Waals surface area (Å²) in [5.74, 6) is 1.78. The van der Waals surface area contributed by atoms with E-state index in [1.54, 1.807) is 6.08 Å². The van der Waals surface area contributed by atoms with E-state index in [1.807, 2.05) is 6.92 Å². The maximum atomic E-state index is 3.36. The quantitative estimate of drug-likeness (QED) is 0.471. The van der Waals surface area contributed by atoms with Gasteiger partial charge in [-0.1, -0.05) is 47.6 Å². The van der Waals surface area contributed by atoms with Crippen molar-refractivity contribution in [1.82, 2.24) is 9.80 Å². The molecule has 2 aliphatic heterocycles. The summed E-state index contributed by atoms with van der Waals surface area (Å²) in [6, 6.07) is 0. The van der Waals surface area contributed by atoms with E-state index in [0.717, 1.165) is 11.8 Å². The SMILES string of the molecule is C=CC.CCN1CCC(C(C)(C)CC(C)(C)N2CCC(C(C)(C)C)CC2)CC1. The number of allylic oxidation sites excluding steroid dienone is 1. The fourth-order valence-corrected chi connectivity index (χ4v) is 5.75. The monoisotopic (exact) mass is 392 g/mol. The summed E-state index contributed by atoms with van der Waals surface area (Å²) in [5, 5.41) is 0. The average Bonchev–Trinajstić information content (AvgIpc) is 2.61. The average molecular weight is 393 g/mol. The van der Waals surface area contributed by atoms with E-state index in [9.17, 15) is 0 Å². The zero-order valence-electron chi connectivity index (χ0n) is 20.9. The Balaban J connectivity index is 0.00000122. The van der Waals surface area contributed by atoms with Crippen molar-refractivity contribution in [1.29, 1.82) is 0 Å². The van der Waals surface area contributed by atoms with Gasteiger partial charge in [0.05, 0.1) is 0 Å². The summed E-state index contributed by atoms with van der Waals surface area (Å²) in [5.41, 5.74) is 1.25. The Morgan fingerprint density at radius 3 is 1.64 bits per heavy atom. The molecule has 0 radical (unpaired) electrons. The van der Waals surface area contributed by atoms with Crippen LogP contribution in [0.2, 0.25) is 0 Å². The molecule has 2 aliphatic rings. The topological polar surface area (TPSA) is 6.48 Å². The molecule has 0 unspecified atom stereocenters. The van der Waals surface area contributed by atoms with Crippen LogP contribution in [0.25, 0.3) is 0 Å². The van der Waals surface area contributed by atoms with Crippen molar-refractivity contribution in [3.05, 3.63) is 12.7 Å². The Morgan fingerprint density at radius 1 is 0.821 bits per heavy atom. The molecule has 2 heteroatoms. The predicted molar refractivity (Wildman–Crippen MR) is 127 cm³/mol. The third-order valence-corrected chi connectivity index (χ3v) is 7.60. The van der Waals surface area contributed by atoms with Crippen LogP contribution in [-0.2, 0) is 0 Å². The maximum Gasteiger partial charge on any atom is 0.0158 e. The summed E-state index contributed by atoms with van der Waals surface area (Å²) >= 11 is 0. The zero-order chi connectivity index (χ0) is 21.6. The van der Waals surface area contributed by atoms with Crippen molar-refractivity contribution in [2.75, 3.05) is 32.7 Å². The van der Waals surface area contributed by atoms with Crippen molar-refractivity contribution in [2.45, 2.75) is 100.0 Å². The molecule has 166 valence electrons. The first kappa shape index (κ1) is 25.7. The summed E-state index contributed by atoms with van der Waals surface area (Å²) < 4.78 is 0. The molecule has 0 saturated carbocycles. The number of hydrogen-bond acceptors (Lipinski definition) is 2. The molecule has 0 aliphatic carbocycles. The molecule has 0 N–H and O–H groups in total. The first-order valence-electron chi connectivity index (χ1n) is 11.9. The van der Waals surface area contributed by atoms with Crippen LogP contribution in [0.1, 0.15) is 94.4 Å². The van der Waals surface area contributed by atoms with Crippen LogP contribution in [-0.4, -0.2) is 48.1 Å².